The van der Waals surface area contributed by atoms with Gasteiger partial charge >= 0.3 is 0 Å². The smallest absolute Gasteiger partial charge is 0.263 e. The number of rotatable bonds is 5. The minimum atomic E-state index is -3.60. The zero-order valence-corrected chi connectivity index (χ0v) is 18.0. The number of aryl methyl sites for hydroxylation is 1. The second kappa shape index (κ2) is 9.15. The number of amides is 1. The van der Waals surface area contributed by atoms with Crippen LogP contribution in [0.3, 0.4) is 0 Å². The second-order valence-corrected chi connectivity index (χ2v) is 9.92. The van der Waals surface area contributed by atoms with Crippen molar-refractivity contribution in [2.75, 3.05) is 7.05 Å². The highest BCUT2D eigenvalue weighted by molar-refractivity contribution is 7.89. The third-order valence-electron chi connectivity index (χ3n) is 5.05. The van der Waals surface area contributed by atoms with Gasteiger partial charge in [-0.15, -0.1) is 11.3 Å². The average molecular weight is 422 g/mol. The Hall–Kier alpha value is -1.77. The van der Waals surface area contributed by atoms with Crippen molar-refractivity contribution in [2.45, 2.75) is 62.8 Å². The van der Waals surface area contributed by atoms with Gasteiger partial charge in [0.05, 0.1) is 10.6 Å². The molecule has 3 rings (SSSR count). The molecule has 0 radical (unpaired) electrons. The van der Waals surface area contributed by atoms with Crippen LogP contribution in [0.1, 0.15) is 60.3 Å². The molecule has 0 atom stereocenters. The van der Waals surface area contributed by atoms with Crippen molar-refractivity contribution in [1.82, 2.24) is 15.0 Å². The molecule has 1 aliphatic rings. The molecule has 8 heteroatoms. The Morgan fingerprint density at radius 2 is 1.82 bits per heavy atom. The molecule has 0 bridgehead atoms. The van der Waals surface area contributed by atoms with E-state index < -0.39 is 10.0 Å². The number of carbonyl (C=O) groups is 1. The van der Waals surface area contributed by atoms with Gasteiger partial charge in [-0.05, 0) is 31.9 Å². The number of thiazole rings is 1. The highest BCUT2D eigenvalue weighted by Crippen LogP contribution is 2.29. The maximum atomic E-state index is 12.9. The molecular formula is C20H27N3O3S2. The van der Waals surface area contributed by atoms with E-state index in [2.05, 4.69) is 15.0 Å². The van der Waals surface area contributed by atoms with E-state index in [-0.39, 0.29) is 16.8 Å². The molecule has 0 saturated heterocycles. The molecule has 0 spiro atoms. The Bertz CT molecular complexity index is 930. The lowest BCUT2D eigenvalue weighted by molar-refractivity contribution is 0.0966. The molecule has 1 aliphatic carbocycles. The fourth-order valence-electron chi connectivity index (χ4n) is 3.50. The number of hydrogen-bond donors (Lipinski definition) is 2. The second-order valence-electron chi connectivity index (χ2n) is 7.20. The summed E-state index contributed by atoms with van der Waals surface area (Å²) >= 11 is 1.27. The normalized spacial score (nSPS) is 16.4. The first-order chi connectivity index (χ1) is 13.4. The average Bonchev–Trinajstić information content (AvgIpc) is 3.05. The van der Waals surface area contributed by atoms with Crippen molar-refractivity contribution >= 4 is 27.3 Å². The van der Waals surface area contributed by atoms with Crippen LogP contribution in [-0.4, -0.2) is 32.4 Å². The molecule has 1 fully saturated rings. The molecule has 2 aromatic rings. The zero-order chi connectivity index (χ0) is 20.1. The van der Waals surface area contributed by atoms with E-state index in [1.165, 1.54) is 30.6 Å². The van der Waals surface area contributed by atoms with Gasteiger partial charge in [0.1, 0.15) is 9.88 Å². The number of nitrogens with one attached hydrogen (secondary N) is 2. The van der Waals surface area contributed by atoms with Crippen LogP contribution < -0.4 is 10.0 Å². The summed E-state index contributed by atoms with van der Waals surface area (Å²) in [5.41, 5.74) is 1.34. The maximum Gasteiger partial charge on any atom is 0.263 e. The van der Waals surface area contributed by atoms with Crippen LogP contribution in [0.15, 0.2) is 29.2 Å². The third kappa shape index (κ3) is 4.98. The standard InChI is InChI=1S/C20H27N3O3S2/c1-14-18(19(24)21-2)27-20(22-14)15-9-8-12-17(13-15)28(25,26)23-16-10-6-4-3-5-7-11-16/h8-9,12-13,16,23H,3-7,10-11H2,1-2H3,(H,21,24). The summed E-state index contributed by atoms with van der Waals surface area (Å²) < 4.78 is 28.7. The predicted octanol–water partition coefficient (Wildman–Crippen LogP) is 3.87. The molecule has 1 amide bonds. The monoisotopic (exact) mass is 421 g/mol. The number of nitrogens with zero attached hydrogens (tertiary/aromatic N) is 1. The topological polar surface area (TPSA) is 88.2 Å². The number of sulfonamides is 1. The van der Waals surface area contributed by atoms with Crippen LogP contribution in [0, 0.1) is 6.92 Å². The molecular weight excluding hydrogens is 394 g/mol. The van der Waals surface area contributed by atoms with E-state index in [0.717, 1.165) is 25.7 Å². The summed E-state index contributed by atoms with van der Waals surface area (Å²) in [6.07, 6.45) is 7.49. The number of aromatic nitrogens is 1. The Labute approximate surface area is 170 Å². The van der Waals surface area contributed by atoms with Gasteiger partial charge < -0.3 is 5.32 Å². The highest BCUT2D eigenvalue weighted by Gasteiger charge is 2.22. The number of carbonyl (C=O) groups excluding carboxylic acids is 1. The van der Waals surface area contributed by atoms with Crippen LogP contribution in [0.2, 0.25) is 0 Å². The van der Waals surface area contributed by atoms with Crippen LogP contribution in [0.5, 0.6) is 0 Å². The van der Waals surface area contributed by atoms with E-state index in [9.17, 15) is 13.2 Å². The molecule has 0 unspecified atom stereocenters. The van der Waals surface area contributed by atoms with E-state index in [0.29, 0.717) is 21.1 Å². The summed E-state index contributed by atoms with van der Waals surface area (Å²) in [5, 5.41) is 3.24. The Kier molecular flexibility index (Phi) is 6.85. The maximum absolute atomic E-state index is 12.9. The molecule has 28 heavy (non-hydrogen) atoms. The van der Waals surface area contributed by atoms with Crippen LogP contribution >= 0.6 is 11.3 Å². The fraction of sp³-hybridized carbons (Fsp3) is 0.500. The molecule has 1 aromatic carbocycles. The van der Waals surface area contributed by atoms with Crippen molar-refractivity contribution in [3.8, 4) is 10.6 Å². The molecule has 1 aromatic heterocycles. The first-order valence-electron chi connectivity index (χ1n) is 9.73. The molecule has 1 heterocycles. The fourth-order valence-corrected chi connectivity index (χ4v) is 5.86. The molecule has 1 saturated carbocycles. The summed E-state index contributed by atoms with van der Waals surface area (Å²) in [7, 11) is -2.02. The molecule has 0 aliphatic heterocycles. The van der Waals surface area contributed by atoms with E-state index in [1.807, 2.05) is 6.07 Å². The first-order valence-corrected chi connectivity index (χ1v) is 12.0. The highest BCUT2D eigenvalue weighted by atomic mass is 32.2. The summed E-state index contributed by atoms with van der Waals surface area (Å²) in [5.74, 6) is -0.184. The van der Waals surface area contributed by atoms with Crippen LogP contribution in [0.25, 0.3) is 10.6 Å². The van der Waals surface area contributed by atoms with Gasteiger partial charge in [-0.25, -0.2) is 18.1 Å². The van der Waals surface area contributed by atoms with Gasteiger partial charge in [0, 0.05) is 18.7 Å². The Balaban J connectivity index is 1.83. The lowest BCUT2D eigenvalue weighted by Crippen LogP contribution is -2.35. The number of benzene rings is 1. The summed E-state index contributed by atoms with van der Waals surface area (Å²) in [6.45, 7) is 1.78. The van der Waals surface area contributed by atoms with Crippen molar-refractivity contribution in [3.63, 3.8) is 0 Å². The summed E-state index contributed by atoms with van der Waals surface area (Å²) in [6, 6.07) is 6.78. The zero-order valence-electron chi connectivity index (χ0n) is 16.3. The molecule has 2 N–H and O–H groups in total. The van der Waals surface area contributed by atoms with Gasteiger partial charge in [0.15, 0.2) is 0 Å². The predicted molar refractivity (Wildman–Crippen MR) is 112 cm³/mol. The van der Waals surface area contributed by atoms with Gasteiger partial charge in [-0.2, -0.15) is 0 Å². The Morgan fingerprint density at radius 3 is 2.50 bits per heavy atom. The van der Waals surface area contributed by atoms with Crippen LogP contribution in [0.4, 0.5) is 0 Å². The van der Waals surface area contributed by atoms with Crippen LogP contribution in [-0.2, 0) is 10.0 Å². The minimum Gasteiger partial charge on any atom is -0.354 e. The van der Waals surface area contributed by atoms with Gasteiger partial charge in [-0.3, -0.25) is 4.79 Å². The van der Waals surface area contributed by atoms with Crippen molar-refractivity contribution in [1.29, 1.82) is 0 Å². The van der Waals surface area contributed by atoms with E-state index in [4.69, 9.17) is 0 Å². The summed E-state index contributed by atoms with van der Waals surface area (Å²) in [4.78, 5) is 17.2. The number of hydrogen-bond acceptors (Lipinski definition) is 5. The lowest BCUT2D eigenvalue weighted by Gasteiger charge is -2.21. The lowest BCUT2D eigenvalue weighted by atomic mass is 9.97. The molecule has 152 valence electrons. The van der Waals surface area contributed by atoms with Crippen molar-refractivity contribution in [2.24, 2.45) is 0 Å². The van der Waals surface area contributed by atoms with Gasteiger partial charge in [0.25, 0.3) is 5.91 Å². The minimum absolute atomic E-state index is 0.00378. The van der Waals surface area contributed by atoms with E-state index in [1.54, 1.807) is 32.2 Å². The van der Waals surface area contributed by atoms with Crippen molar-refractivity contribution < 1.29 is 13.2 Å². The Morgan fingerprint density at radius 1 is 1.14 bits per heavy atom. The largest absolute Gasteiger partial charge is 0.354 e. The quantitative estimate of drug-likeness (QED) is 0.767. The third-order valence-corrected chi connectivity index (χ3v) is 7.77. The molecule has 6 nitrogen and oxygen atoms in total. The van der Waals surface area contributed by atoms with Crippen molar-refractivity contribution in [3.05, 3.63) is 34.8 Å². The van der Waals surface area contributed by atoms with E-state index >= 15 is 0 Å². The van der Waals surface area contributed by atoms with Gasteiger partial charge in [0.2, 0.25) is 10.0 Å². The SMILES string of the molecule is CNC(=O)c1sc(-c2cccc(S(=O)(=O)NC3CCCCCCC3)c2)nc1C. The van der Waals surface area contributed by atoms with Gasteiger partial charge in [-0.1, -0.05) is 44.2 Å². The first kappa shape index (κ1) is 21.0.